The van der Waals surface area contributed by atoms with Gasteiger partial charge in [-0.3, -0.25) is 18.8 Å². The average molecular weight is 348 g/mol. The van der Waals surface area contributed by atoms with E-state index < -0.39 is 5.91 Å². The number of rotatable bonds is 8. The molecule has 1 heterocycles. The van der Waals surface area contributed by atoms with Gasteiger partial charge in [0.1, 0.15) is 0 Å². The number of anilines is 1. The van der Waals surface area contributed by atoms with Crippen molar-refractivity contribution in [3.8, 4) is 0 Å². The highest BCUT2D eigenvalue weighted by Crippen LogP contribution is 2.22. The third-order valence-corrected chi connectivity index (χ3v) is 4.54. The lowest BCUT2D eigenvalue weighted by atomic mass is 9.93. The van der Waals surface area contributed by atoms with Gasteiger partial charge in [-0.05, 0) is 49.3 Å². The number of nitrogens with zero attached hydrogens (tertiary/aromatic N) is 1. The summed E-state index contributed by atoms with van der Waals surface area (Å²) in [4.78, 5) is 36.1. The minimum atomic E-state index is -0.613. The molecule has 0 unspecified atom stereocenters. The number of benzene rings is 1. The van der Waals surface area contributed by atoms with Crippen molar-refractivity contribution in [2.75, 3.05) is 25.1 Å². The van der Waals surface area contributed by atoms with Gasteiger partial charge in [-0.25, -0.2) is 0 Å². The highest BCUT2D eigenvalue weighted by molar-refractivity contribution is 5.96. The maximum Gasteiger partial charge on any atom is 0.249 e. The Kier molecular flexibility index (Phi) is 6.91. The molecule has 3 amide bonds. The Bertz CT molecular complexity index is 628. The molecule has 1 saturated heterocycles. The molecule has 1 radical (unpaired) electrons. The van der Waals surface area contributed by atoms with E-state index >= 15 is 0 Å². The van der Waals surface area contributed by atoms with Gasteiger partial charge in [-0.1, -0.05) is 6.07 Å². The summed E-state index contributed by atoms with van der Waals surface area (Å²) in [6, 6.07) is 4.81. The van der Waals surface area contributed by atoms with E-state index in [2.05, 4.69) is 5.32 Å². The second-order valence-electron chi connectivity index (χ2n) is 6.15. The van der Waals surface area contributed by atoms with Gasteiger partial charge < -0.3 is 16.0 Å². The number of primary amides is 1. The van der Waals surface area contributed by atoms with E-state index in [1.54, 1.807) is 17.0 Å². The first-order chi connectivity index (χ1) is 12.0. The Labute approximate surface area is 146 Å². The van der Waals surface area contributed by atoms with Gasteiger partial charge in [0.15, 0.2) is 0 Å². The van der Waals surface area contributed by atoms with Crippen molar-refractivity contribution >= 4 is 23.9 Å². The van der Waals surface area contributed by atoms with Gasteiger partial charge in [0.25, 0.3) is 0 Å². The summed E-state index contributed by atoms with van der Waals surface area (Å²) >= 11 is 0. The minimum Gasteiger partial charge on any atom is -0.366 e. The minimum absolute atomic E-state index is 0.0933. The standard InChI is InChI=1S/C18H23FN3O3/c19-8-5-13-6-9-22(10-7-13)17(24)4-2-14-1-3-15(21-12-23)11-16(14)18(20)25/h1,3-4,11-13H,2,5-10H2,(H2,20,25)(H,21,23). The molecule has 1 aromatic carbocycles. The topological polar surface area (TPSA) is 92.5 Å². The van der Waals surface area contributed by atoms with Crippen LogP contribution in [-0.4, -0.2) is 42.9 Å². The van der Waals surface area contributed by atoms with E-state index in [0.717, 1.165) is 12.8 Å². The van der Waals surface area contributed by atoms with Gasteiger partial charge in [0.05, 0.1) is 13.1 Å². The Morgan fingerprint density at radius 3 is 2.64 bits per heavy atom. The van der Waals surface area contributed by atoms with Crippen molar-refractivity contribution in [2.24, 2.45) is 11.7 Å². The molecule has 0 aromatic heterocycles. The lowest BCUT2D eigenvalue weighted by Crippen LogP contribution is -2.39. The van der Waals surface area contributed by atoms with E-state index in [1.165, 1.54) is 12.5 Å². The molecule has 2 rings (SSSR count). The third kappa shape index (κ3) is 5.27. The van der Waals surface area contributed by atoms with Crippen LogP contribution in [0.4, 0.5) is 10.1 Å². The summed E-state index contributed by atoms with van der Waals surface area (Å²) in [5, 5.41) is 2.46. The molecule has 1 fully saturated rings. The first-order valence-electron chi connectivity index (χ1n) is 8.36. The molecule has 135 valence electrons. The largest absolute Gasteiger partial charge is 0.366 e. The first kappa shape index (κ1) is 18.9. The highest BCUT2D eigenvalue weighted by atomic mass is 19.1. The second kappa shape index (κ2) is 9.15. The van der Waals surface area contributed by atoms with E-state index in [4.69, 9.17) is 5.73 Å². The van der Waals surface area contributed by atoms with Crippen LogP contribution in [0.2, 0.25) is 0 Å². The number of hydrogen-bond acceptors (Lipinski definition) is 3. The number of carbonyl (C=O) groups excluding carboxylic acids is 3. The van der Waals surface area contributed by atoms with E-state index in [1.807, 2.05) is 0 Å². The fourth-order valence-electron chi connectivity index (χ4n) is 3.06. The molecule has 0 bridgehead atoms. The fraction of sp³-hybridized carbons (Fsp3) is 0.444. The number of piperidine rings is 1. The maximum absolute atomic E-state index is 12.4. The van der Waals surface area contributed by atoms with Gasteiger partial charge >= 0.3 is 0 Å². The molecule has 1 aliphatic heterocycles. The smallest absolute Gasteiger partial charge is 0.249 e. The fourth-order valence-corrected chi connectivity index (χ4v) is 3.06. The zero-order valence-electron chi connectivity index (χ0n) is 14.0. The summed E-state index contributed by atoms with van der Waals surface area (Å²) < 4.78 is 12.4. The van der Waals surface area contributed by atoms with Crippen LogP contribution in [0.5, 0.6) is 0 Å². The number of nitrogens with one attached hydrogen (secondary N) is 1. The summed E-state index contributed by atoms with van der Waals surface area (Å²) in [6.45, 7) is 0.950. The van der Waals surface area contributed by atoms with Gasteiger partial charge in [0.2, 0.25) is 18.2 Å². The predicted molar refractivity (Wildman–Crippen MR) is 92.5 cm³/mol. The lowest BCUT2D eigenvalue weighted by Gasteiger charge is -2.31. The zero-order valence-corrected chi connectivity index (χ0v) is 14.0. The molecular weight excluding hydrogens is 325 g/mol. The van der Waals surface area contributed by atoms with Crippen molar-refractivity contribution in [2.45, 2.75) is 25.7 Å². The number of amides is 3. The Balaban J connectivity index is 1.93. The monoisotopic (exact) mass is 348 g/mol. The number of alkyl halides is 1. The number of hydrogen-bond donors (Lipinski definition) is 2. The van der Waals surface area contributed by atoms with Gasteiger partial charge in [-0.2, -0.15) is 0 Å². The summed E-state index contributed by atoms with van der Waals surface area (Å²) in [5.74, 6) is -0.352. The Hall–Kier alpha value is -2.44. The van der Waals surface area contributed by atoms with Crippen molar-refractivity contribution in [3.63, 3.8) is 0 Å². The molecule has 1 aliphatic rings. The first-order valence-corrected chi connectivity index (χ1v) is 8.36. The SMILES string of the molecule is NC(=O)c1cc(NC=O)ccc1C[CH]C(=O)N1CCC(CCF)CC1. The maximum atomic E-state index is 12.4. The van der Waals surface area contributed by atoms with Crippen LogP contribution in [0.1, 0.15) is 35.2 Å². The second-order valence-corrected chi connectivity index (χ2v) is 6.15. The van der Waals surface area contributed by atoms with Crippen molar-refractivity contribution < 1.29 is 18.8 Å². The van der Waals surface area contributed by atoms with Crippen molar-refractivity contribution in [1.82, 2.24) is 4.90 Å². The number of halogens is 1. The summed E-state index contributed by atoms with van der Waals surface area (Å²) in [5.41, 5.74) is 6.75. The molecule has 0 spiro atoms. The normalized spacial score (nSPS) is 15.0. The highest BCUT2D eigenvalue weighted by Gasteiger charge is 2.23. The average Bonchev–Trinajstić information content (AvgIpc) is 2.61. The molecule has 3 N–H and O–H groups in total. The lowest BCUT2D eigenvalue weighted by molar-refractivity contribution is -0.129. The van der Waals surface area contributed by atoms with Crippen LogP contribution in [-0.2, 0) is 16.0 Å². The number of nitrogens with two attached hydrogens (primary N) is 1. The molecule has 25 heavy (non-hydrogen) atoms. The van der Waals surface area contributed by atoms with Crippen LogP contribution in [0, 0.1) is 12.3 Å². The third-order valence-electron chi connectivity index (χ3n) is 4.54. The van der Waals surface area contributed by atoms with Crippen LogP contribution in [0.3, 0.4) is 0 Å². The van der Waals surface area contributed by atoms with Gasteiger partial charge in [0, 0.05) is 24.3 Å². The van der Waals surface area contributed by atoms with Crippen molar-refractivity contribution in [1.29, 1.82) is 0 Å². The molecule has 0 aliphatic carbocycles. The van der Waals surface area contributed by atoms with Crippen molar-refractivity contribution in [3.05, 3.63) is 35.7 Å². The van der Waals surface area contributed by atoms with Crippen LogP contribution >= 0.6 is 0 Å². The van der Waals surface area contributed by atoms with Gasteiger partial charge in [-0.15, -0.1) is 0 Å². The molecular formula is C18H23FN3O3. The molecule has 1 aromatic rings. The quantitative estimate of drug-likeness (QED) is 0.700. The molecule has 0 saturated carbocycles. The zero-order chi connectivity index (χ0) is 18.2. The van der Waals surface area contributed by atoms with Crippen LogP contribution in [0.15, 0.2) is 18.2 Å². The Morgan fingerprint density at radius 1 is 1.32 bits per heavy atom. The van der Waals surface area contributed by atoms with Crippen LogP contribution < -0.4 is 11.1 Å². The van der Waals surface area contributed by atoms with E-state index in [0.29, 0.717) is 43.1 Å². The number of carbonyl (C=O) groups is 3. The summed E-state index contributed by atoms with van der Waals surface area (Å²) in [7, 11) is 0. The van der Waals surface area contributed by atoms with E-state index in [-0.39, 0.29) is 24.6 Å². The number of likely N-dealkylation sites (tertiary alicyclic amines) is 1. The summed E-state index contributed by atoms with van der Waals surface area (Å²) in [6.07, 6.45) is 4.54. The molecule has 6 nitrogen and oxygen atoms in total. The molecule has 7 heteroatoms. The van der Waals surface area contributed by atoms with E-state index in [9.17, 15) is 18.8 Å². The Morgan fingerprint density at radius 2 is 2.04 bits per heavy atom. The predicted octanol–water partition coefficient (Wildman–Crippen LogP) is 1.70. The van der Waals surface area contributed by atoms with Crippen LogP contribution in [0.25, 0.3) is 0 Å². The molecule has 0 atom stereocenters.